The zero-order chi connectivity index (χ0) is 18.1. The number of carbonyl (C=O) groups is 2. The Morgan fingerprint density at radius 1 is 1.25 bits per heavy atom. The molecule has 0 aliphatic carbocycles. The summed E-state index contributed by atoms with van der Waals surface area (Å²) in [6, 6.07) is 4.80. The molecule has 1 fully saturated rings. The highest BCUT2D eigenvalue weighted by Crippen LogP contribution is 2.41. The molecule has 0 radical (unpaired) electrons. The molecule has 2 rings (SSSR count). The van der Waals surface area contributed by atoms with Gasteiger partial charge in [-0.05, 0) is 39.8 Å². The number of carboxylic acids is 1. The molecule has 1 N–H and O–H groups in total. The third-order valence-electron chi connectivity index (χ3n) is 4.54. The van der Waals surface area contributed by atoms with Gasteiger partial charge < -0.3 is 19.2 Å². The van der Waals surface area contributed by atoms with E-state index >= 15 is 0 Å². The van der Waals surface area contributed by atoms with Crippen molar-refractivity contribution in [3.63, 3.8) is 0 Å². The van der Waals surface area contributed by atoms with Crippen molar-refractivity contribution in [3.05, 3.63) is 29.6 Å². The fourth-order valence-corrected chi connectivity index (χ4v) is 2.46. The van der Waals surface area contributed by atoms with Crippen molar-refractivity contribution in [2.24, 2.45) is 0 Å². The summed E-state index contributed by atoms with van der Waals surface area (Å²) < 4.78 is 16.6. The summed E-state index contributed by atoms with van der Waals surface area (Å²) >= 11 is 0. The first-order chi connectivity index (χ1) is 11.1. The Labute approximate surface area is 141 Å². The summed E-state index contributed by atoms with van der Waals surface area (Å²) in [4.78, 5) is 27.2. The highest BCUT2D eigenvalue weighted by atomic mass is 16.7. The van der Waals surface area contributed by atoms with Gasteiger partial charge in [0, 0.05) is 11.5 Å². The molecule has 0 amide bonds. The van der Waals surface area contributed by atoms with Crippen LogP contribution in [-0.2, 0) is 18.8 Å². The Morgan fingerprint density at radius 2 is 1.83 bits per heavy atom. The number of hydrogen-bond acceptors (Lipinski definition) is 6. The fourth-order valence-electron chi connectivity index (χ4n) is 2.46. The first-order valence-electron chi connectivity index (χ1n) is 7.70. The van der Waals surface area contributed by atoms with E-state index in [0.29, 0.717) is 5.69 Å². The number of carbonyl (C=O) groups excluding carboxylic acids is 1. The van der Waals surface area contributed by atoms with E-state index in [-0.39, 0.29) is 12.1 Å². The van der Waals surface area contributed by atoms with Gasteiger partial charge >= 0.3 is 19.1 Å². The standard InChI is InChI=1S/C16H22BNO6/c1-15(2)16(3,4)24-17(23-15)10(9-13(19)20)11-7-6-8-12(18-11)14(21)22-5/h6-8,10H,9H2,1-5H3,(H,19,20). The second kappa shape index (κ2) is 6.53. The van der Waals surface area contributed by atoms with Crippen LogP contribution in [0.2, 0.25) is 0 Å². The van der Waals surface area contributed by atoms with Gasteiger partial charge in [-0.15, -0.1) is 0 Å². The average Bonchev–Trinajstić information content (AvgIpc) is 2.72. The number of hydrogen-bond donors (Lipinski definition) is 1. The van der Waals surface area contributed by atoms with E-state index in [1.165, 1.54) is 13.2 Å². The topological polar surface area (TPSA) is 95.0 Å². The van der Waals surface area contributed by atoms with Crippen LogP contribution in [0.1, 0.15) is 56.1 Å². The minimum atomic E-state index is -1.00. The average molecular weight is 335 g/mol. The van der Waals surface area contributed by atoms with Crippen LogP contribution in [0.3, 0.4) is 0 Å². The Balaban J connectivity index is 2.37. The van der Waals surface area contributed by atoms with Gasteiger partial charge in [0.05, 0.1) is 24.7 Å². The van der Waals surface area contributed by atoms with Crippen molar-refractivity contribution >= 4 is 19.1 Å². The number of aliphatic carboxylic acids is 1. The number of esters is 1. The van der Waals surface area contributed by atoms with Gasteiger partial charge in [0.25, 0.3) is 0 Å². The van der Waals surface area contributed by atoms with Gasteiger partial charge in [-0.1, -0.05) is 6.07 Å². The van der Waals surface area contributed by atoms with Crippen molar-refractivity contribution in [1.82, 2.24) is 4.98 Å². The summed E-state index contributed by atoms with van der Waals surface area (Å²) in [5.41, 5.74) is -0.649. The van der Waals surface area contributed by atoms with Crippen LogP contribution in [-0.4, -0.2) is 47.5 Å². The van der Waals surface area contributed by atoms with Crippen LogP contribution in [0.4, 0.5) is 0 Å². The highest BCUT2D eigenvalue weighted by Gasteiger charge is 2.54. The maximum atomic E-state index is 11.7. The molecule has 1 atom stereocenters. The van der Waals surface area contributed by atoms with Gasteiger partial charge in [-0.3, -0.25) is 4.79 Å². The van der Waals surface area contributed by atoms with Crippen molar-refractivity contribution in [1.29, 1.82) is 0 Å². The van der Waals surface area contributed by atoms with Crippen molar-refractivity contribution in [3.8, 4) is 0 Å². The Hall–Kier alpha value is -1.93. The Kier molecular flexibility index (Phi) is 5.01. The van der Waals surface area contributed by atoms with Crippen LogP contribution < -0.4 is 0 Å². The number of aromatic nitrogens is 1. The minimum absolute atomic E-state index is 0.113. The number of nitrogens with zero attached hydrogens (tertiary/aromatic N) is 1. The van der Waals surface area contributed by atoms with Crippen molar-refractivity contribution in [2.75, 3.05) is 7.11 Å². The van der Waals surface area contributed by atoms with E-state index in [2.05, 4.69) is 9.72 Å². The van der Waals surface area contributed by atoms with Gasteiger partial charge in [0.1, 0.15) is 5.69 Å². The zero-order valence-electron chi connectivity index (χ0n) is 14.5. The number of carboxylic acid groups (broad SMARTS) is 1. The molecule has 0 aromatic carbocycles. The second-order valence-electron chi connectivity index (χ2n) is 6.77. The number of pyridine rings is 1. The quantitative estimate of drug-likeness (QED) is 0.650. The van der Waals surface area contributed by atoms with Gasteiger partial charge in [0.15, 0.2) is 0 Å². The van der Waals surface area contributed by atoms with E-state index in [4.69, 9.17) is 9.31 Å². The highest BCUT2D eigenvalue weighted by molar-refractivity contribution is 6.48. The summed E-state index contributed by atoms with van der Waals surface area (Å²) in [6.07, 6.45) is -0.228. The maximum absolute atomic E-state index is 11.7. The van der Waals surface area contributed by atoms with E-state index in [1.54, 1.807) is 12.1 Å². The van der Waals surface area contributed by atoms with Crippen LogP contribution in [0.15, 0.2) is 18.2 Å². The lowest BCUT2D eigenvalue weighted by Crippen LogP contribution is -2.41. The molecule has 130 valence electrons. The lowest BCUT2D eigenvalue weighted by Gasteiger charge is -2.32. The largest absolute Gasteiger partial charge is 0.481 e. The van der Waals surface area contributed by atoms with Crippen molar-refractivity contribution in [2.45, 2.75) is 51.1 Å². The SMILES string of the molecule is COC(=O)c1cccc(C(CC(=O)O)B2OC(C)(C)C(C)(C)O2)n1. The molecule has 1 aromatic rings. The van der Waals surface area contributed by atoms with Crippen LogP contribution in [0.25, 0.3) is 0 Å². The van der Waals surface area contributed by atoms with Crippen LogP contribution in [0.5, 0.6) is 0 Å². The molecule has 24 heavy (non-hydrogen) atoms. The molecule has 8 heteroatoms. The van der Waals surface area contributed by atoms with Gasteiger partial charge in [-0.2, -0.15) is 0 Å². The predicted octanol–water partition coefficient (Wildman–Crippen LogP) is 2.06. The second-order valence-corrected chi connectivity index (χ2v) is 6.77. The van der Waals surface area contributed by atoms with E-state index in [0.717, 1.165) is 0 Å². The maximum Gasteiger partial charge on any atom is 0.468 e. The third-order valence-corrected chi connectivity index (χ3v) is 4.54. The predicted molar refractivity (Wildman–Crippen MR) is 86.7 cm³/mol. The Bertz CT molecular complexity index is 629. The number of ether oxygens (including phenoxy) is 1. The minimum Gasteiger partial charge on any atom is -0.481 e. The summed E-state index contributed by atoms with van der Waals surface area (Å²) in [5.74, 6) is -2.23. The van der Waals surface area contributed by atoms with Crippen LogP contribution in [0, 0.1) is 0 Å². The number of rotatable bonds is 5. The van der Waals surface area contributed by atoms with E-state index in [1.807, 2.05) is 27.7 Å². The van der Waals surface area contributed by atoms with Crippen molar-refractivity contribution < 1.29 is 28.7 Å². The zero-order valence-corrected chi connectivity index (χ0v) is 14.5. The summed E-state index contributed by atoms with van der Waals surface area (Å²) in [7, 11) is 0.492. The smallest absolute Gasteiger partial charge is 0.468 e. The molecular weight excluding hydrogens is 313 g/mol. The first-order valence-corrected chi connectivity index (χ1v) is 7.70. The molecule has 1 aliphatic heterocycles. The number of methoxy groups -OCH3 is 1. The van der Waals surface area contributed by atoms with E-state index < -0.39 is 36.1 Å². The lowest BCUT2D eigenvalue weighted by molar-refractivity contribution is -0.137. The molecule has 7 nitrogen and oxygen atoms in total. The molecule has 0 bridgehead atoms. The van der Waals surface area contributed by atoms with Gasteiger partial charge in [0.2, 0.25) is 0 Å². The monoisotopic (exact) mass is 335 g/mol. The van der Waals surface area contributed by atoms with E-state index in [9.17, 15) is 14.7 Å². The molecular formula is C16H22BNO6. The van der Waals surface area contributed by atoms with Crippen LogP contribution >= 0.6 is 0 Å². The first kappa shape index (κ1) is 18.4. The molecule has 2 heterocycles. The van der Waals surface area contributed by atoms with Gasteiger partial charge in [-0.25, -0.2) is 9.78 Å². The molecule has 0 saturated carbocycles. The fraction of sp³-hybridized carbons (Fsp3) is 0.562. The lowest BCUT2D eigenvalue weighted by atomic mass is 9.68. The molecule has 0 spiro atoms. The Morgan fingerprint density at radius 3 is 2.33 bits per heavy atom. The summed E-state index contributed by atoms with van der Waals surface area (Å²) in [5, 5.41) is 9.26. The molecule has 1 aliphatic rings. The molecule has 1 saturated heterocycles. The summed E-state index contributed by atoms with van der Waals surface area (Å²) in [6.45, 7) is 7.57. The normalized spacial score (nSPS) is 19.8. The molecule has 1 unspecified atom stereocenters. The molecule has 1 aromatic heterocycles. The third kappa shape index (κ3) is 3.60.